The van der Waals surface area contributed by atoms with E-state index in [1.54, 1.807) is 0 Å². The first kappa shape index (κ1) is 16.4. The number of nitrogens with zero attached hydrogens (tertiary/aromatic N) is 2. The summed E-state index contributed by atoms with van der Waals surface area (Å²) in [6, 6.07) is 0. The van der Waals surface area contributed by atoms with Crippen LogP contribution in [0.15, 0.2) is 16.4 Å². The van der Waals surface area contributed by atoms with Gasteiger partial charge in [-0.05, 0) is 0 Å². The van der Waals surface area contributed by atoms with E-state index in [0.29, 0.717) is 16.3 Å². The molecule has 0 atom stereocenters. The zero-order chi connectivity index (χ0) is 15.0. The lowest BCUT2D eigenvalue weighted by Gasteiger charge is -2.06. The molecule has 0 aromatic carbocycles. The molecule has 0 aliphatic carbocycles. The summed E-state index contributed by atoms with van der Waals surface area (Å²) in [6.45, 7) is 0. The van der Waals surface area contributed by atoms with Gasteiger partial charge in [0.15, 0.2) is 6.29 Å². The number of aldehydes is 1. The molecule has 1 rings (SSSR count). The molecule has 9 heteroatoms. The van der Waals surface area contributed by atoms with Crippen molar-refractivity contribution >= 4 is 41.7 Å². The van der Waals surface area contributed by atoms with Crippen molar-refractivity contribution in [2.45, 2.75) is 10.1 Å². The quantitative estimate of drug-likeness (QED) is 0.313. The second kappa shape index (κ2) is 8.54. The Morgan fingerprint density at radius 2 is 1.55 bits per heavy atom. The summed E-state index contributed by atoms with van der Waals surface area (Å²) in [5, 5.41) is 0.737. The van der Waals surface area contributed by atoms with Crippen molar-refractivity contribution in [2.24, 2.45) is 0 Å². The fourth-order valence-corrected chi connectivity index (χ4v) is 2.72. The standard InChI is InChI=1S/C11H12N2O5S2/c1-17-8(15)4-19-10-7(3-14)11(13-6-12-10)20-5-9(16)18-2/h3,6H,4-5H2,1-2H3. The molecule has 7 nitrogen and oxygen atoms in total. The molecule has 0 bridgehead atoms. The van der Waals surface area contributed by atoms with Crippen molar-refractivity contribution in [1.29, 1.82) is 0 Å². The molecule has 0 aliphatic rings. The maximum atomic E-state index is 11.1. The van der Waals surface area contributed by atoms with Crippen LogP contribution in [-0.2, 0) is 19.1 Å². The van der Waals surface area contributed by atoms with Crippen molar-refractivity contribution in [3.05, 3.63) is 11.9 Å². The lowest BCUT2D eigenvalue weighted by atomic mass is 10.4. The first-order valence-corrected chi connectivity index (χ1v) is 7.28. The normalized spacial score (nSPS) is 9.90. The summed E-state index contributed by atoms with van der Waals surface area (Å²) < 4.78 is 9.02. The van der Waals surface area contributed by atoms with Crippen LogP contribution in [0.4, 0.5) is 0 Å². The molecule has 0 aliphatic heterocycles. The van der Waals surface area contributed by atoms with Gasteiger partial charge in [0, 0.05) is 0 Å². The molecule has 0 spiro atoms. The number of methoxy groups -OCH3 is 2. The second-order valence-electron chi connectivity index (χ2n) is 3.25. The van der Waals surface area contributed by atoms with Gasteiger partial charge in [0.25, 0.3) is 0 Å². The van der Waals surface area contributed by atoms with Crippen molar-refractivity contribution in [3.8, 4) is 0 Å². The van der Waals surface area contributed by atoms with Crippen LogP contribution in [0.5, 0.6) is 0 Å². The van der Waals surface area contributed by atoms with Gasteiger partial charge in [-0.15, -0.1) is 0 Å². The van der Waals surface area contributed by atoms with E-state index in [1.807, 2.05) is 0 Å². The van der Waals surface area contributed by atoms with E-state index in [-0.39, 0.29) is 17.1 Å². The minimum Gasteiger partial charge on any atom is -0.468 e. The van der Waals surface area contributed by atoms with Gasteiger partial charge in [-0.3, -0.25) is 14.4 Å². The third-order valence-corrected chi connectivity index (χ3v) is 4.00. The third kappa shape index (κ3) is 4.82. The van der Waals surface area contributed by atoms with Gasteiger partial charge in [0.2, 0.25) is 0 Å². The SMILES string of the molecule is COC(=O)CSc1ncnc(SCC(=O)OC)c1C=O. The largest absolute Gasteiger partial charge is 0.468 e. The number of thioether (sulfide) groups is 2. The van der Waals surface area contributed by atoms with Gasteiger partial charge >= 0.3 is 11.9 Å². The molecular formula is C11H12N2O5S2. The van der Waals surface area contributed by atoms with Crippen LogP contribution >= 0.6 is 23.5 Å². The number of carbonyl (C=O) groups is 3. The topological polar surface area (TPSA) is 95.5 Å². The Labute approximate surface area is 123 Å². The fourth-order valence-electron chi connectivity index (χ4n) is 1.07. The number of hydrogen-bond acceptors (Lipinski definition) is 9. The zero-order valence-electron chi connectivity index (χ0n) is 10.8. The van der Waals surface area contributed by atoms with Gasteiger partial charge < -0.3 is 9.47 Å². The molecule has 0 radical (unpaired) electrons. The van der Waals surface area contributed by atoms with Crippen LogP contribution in [0.2, 0.25) is 0 Å². The predicted octanol–water partition coefficient (Wildman–Crippen LogP) is 0.819. The van der Waals surface area contributed by atoms with E-state index in [9.17, 15) is 14.4 Å². The highest BCUT2D eigenvalue weighted by molar-refractivity contribution is 8.00. The van der Waals surface area contributed by atoms with Gasteiger partial charge in [-0.1, -0.05) is 23.5 Å². The van der Waals surface area contributed by atoms with Gasteiger partial charge in [0.05, 0.1) is 31.3 Å². The monoisotopic (exact) mass is 316 g/mol. The Kier molecular flexibility index (Phi) is 7.02. The average molecular weight is 316 g/mol. The first-order valence-electron chi connectivity index (χ1n) is 5.31. The van der Waals surface area contributed by atoms with Crippen LogP contribution in [0.3, 0.4) is 0 Å². The Hall–Kier alpha value is -1.61. The Bertz CT molecular complexity index is 471. The molecule has 0 fully saturated rings. The van der Waals surface area contributed by atoms with Crippen LogP contribution in [-0.4, -0.2) is 53.9 Å². The zero-order valence-corrected chi connectivity index (χ0v) is 12.5. The first-order chi connectivity index (χ1) is 9.62. The predicted molar refractivity (Wildman–Crippen MR) is 72.9 cm³/mol. The van der Waals surface area contributed by atoms with Crippen molar-refractivity contribution < 1.29 is 23.9 Å². The molecule has 0 saturated heterocycles. The lowest BCUT2D eigenvalue weighted by molar-refractivity contribution is -0.138. The number of esters is 2. The summed E-state index contributed by atoms with van der Waals surface area (Å²) in [5.74, 6) is -0.770. The summed E-state index contributed by atoms with van der Waals surface area (Å²) >= 11 is 2.14. The maximum Gasteiger partial charge on any atom is 0.316 e. The lowest BCUT2D eigenvalue weighted by Crippen LogP contribution is -2.06. The molecule has 1 heterocycles. The van der Waals surface area contributed by atoms with Gasteiger partial charge in [0.1, 0.15) is 16.4 Å². The third-order valence-electron chi connectivity index (χ3n) is 2.04. The Morgan fingerprint density at radius 3 is 1.90 bits per heavy atom. The smallest absolute Gasteiger partial charge is 0.316 e. The molecule has 1 aromatic rings. The Balaban J connectivity index is 2.83. The van der Waals surface area contributed by atoms with E-state index in [1.165, 1.54) is 20.5 Å². The molecule has 0 amide bonds. The molecule has 0 N–H and O–H groups in total. The number of rotatable bonds is 7. The van der Waals surface area contributed by atoms with Crippen LogP contribution in [0, 0.1) is 0 Å². The van der Waals surface area contributed by atoms with E-state index in [2.05, 4.69) is 19.4 Å². The molecule has 1 aromatic heterocycles. The minimum atomic E-state index is -0.422. The second-order valence-corrected chi connectivity index (χ2v) is 5.17. The number of hydrogen-bond donors (Lipinski definition) is 0. The van der Waals surface area contributed by atoms with E-state index in [0.717, 1.165) is 23.5 Å². The average Bonchev–Trinajstić information content (AvgIpc) is 2.49. The van der Waals surface area contributed by atoms with Crippen molar-refractivity contribution in [3.63, 3.8) is 0 Å². The molecular weight excluding hydrogens is 304 g/mol. The van der Waals surface area contributed by atoms with Gasteiger partial charge in [-0.25, -0.2) is 9.97 Å². The highest BCUT2D eigenvalue weighted by Crippen LogP contribution is 2.26. The molecule has 0 unspecified atom stereocenters. The van der Waals surface area contributed by atoms with Crippen molar-refractivity contribution in [1.82, 2.24) is 9.97 Å². The summed E-state index contributed by atoms with van der Waals surface area (Å²) in [7, 11) is 2.56. The van der Waals surface area contributed by atoms with Crippen LogP contribution < -0.4 is 0 Å². The number of aromatic nitrogens is 2. The maximum absolute atomic E-state index is 11.1. The van der Waals surface area contributed by atoms with Gasteiger partial charge in [-0.2, -0.15) is 0 Å². The fraction of sp³-hybridized carbons (Fsp3) is 0.364. The molecule has 20 heavy (non-hydrogen) atoms. The highest BCUT2D eigenvalue weighted by atomic mass is 32.2. The summed E-state index contributed by atoms with van der Waals surface area (Å²) in [6.07, 6.45) is 1.87. The molecule has 0 saturated carbocycles. The van der Waals surface area contributed by atoms with E-state index >= 15 is 0 Å². The summed E-state index contributed by atoms with van der Waals surface area (Å²) in [4.78, 5) is 41.2. The molecule has 108 valence electrons. The van der Waals surface area contributed by atoms with Crippen molar-refractivity contribution in [2.75, 3.05) is 25.7 Å². The van der Waals surface area contributed by atoms with Crippen LogP contribution in [0.1, 0.15) is 10.4 Å². The van der Waals surface area contributed by atoms with Crippen LogP contribution in [0.25, 0.3) is 0 Å². The summed E-state index contributed by atoms with van der Waals surface area (Å²) in [5.41, 5.74) is 0.246. The van der Waals surface area contributed by atoms with E-state index < -0.39 is 11.9 Å². The number of ether oxygens (including phenoxy) is 2. The Morgan fingerprint density at radius 1 is 1.10 bits per heavy atom. The number of carbonyl (C=O) groups excluding carboxylic acids is 3. The highest BCUT2D eigenvalue weighted by Gasteiger charge is 2.15. The van der Waals surface area contributed by atoms with E-state index in [4.69, 9.17) is 0 Å². The minimum absolute atomic E-state index is 0.0372.